The molecule has 5 N–H and O–H groups in total. The first-order chi connectivity index (χ1) is 19.4. The van der Waals surface area contributed by atoms with Crippen molar-refractivity contribution in [1.82, 2.24) is 5.32 Å². The number of para-hydroxylation sites is 3. The molecular formula is C29H29N4O6P. The van der Waals surface area contributed by atoms with Crippen LogP contribution in [0.25, 0.3) is 0 Å². The van der Waals surface area contributed by atoms with E-state index in [0.29, 0.717) is 17.0 Å². The van der Waals surface area contributed by atoms with E-state index in [1.54, 1.807) is 97.1 Å². The van der Waals surface area contributed by atoms with Crippen molar-refractivity contribution in [3.8, 4) is 17.2 Å². The van der Waals surface area contributed by atoms with Crippen molar-refractivity contribution in [3.05, 3.63) is 121 Å². The van der Waals surface area contributed by atoms with Gasteiger partial charge in [-0.2, -0.15) is 0 Å². The first kappa shape index (κ1) is 28.1. The Morgan fingerprint density at radius 2 is 1.23 bits per heavy atom. The molecule has 0 spiro atoms. The van der Waals surface area contributed by atoms with Gasteiger partial charge in [0.15, 0.2) is 11.7 Å². The molecule has 0 aromatic heterocycles. The van der Waals surface area contributed by atoms with Crippen molar-refractivity contribution in [3.63, 3.8) is 0 Å². The van der Waals surface area contributed by atoms with E-state index in [4.69, 9.17) is 30.0 Å². The van der Waals surface area contributed by atoms with E-state index in [0.717, 1.165) is 0 Å². The number of rotatable bonds is 12. The molecule has 1 amide bonds. The van der Waals surface area contributed by atoms with Crippen molar-refractivity contribution in [1.29, 1.82) is 0 Å². The van der Waals surface area contributed by atoms with E-state index < -0.39 is 19.5 Å². The Bertz CT molecular complexity index is 1390. The van der Waals surface area contributed by atoms with Crippen molar-refractivity contribution in [2.24, 2.45) is 16.5 Å². The molecule has 0 fully saturated rings. The summed E-state index contributed by atoms with van der Waals surface area (Å²) in [5.74, 6) is -0.175. The Labute approximate surface area is 232 Å². The lowest BCUT2D eigenvalue weighted by atomic mass is 10.2. The van der Waals surface area contributed by atoms with Gasteiger partial charge in [-0.3, -0.25) is 0 Å². The molecule has 11 heteroatoms. The van der Waals surface area contributed by atoms with Crippen LogP contribution in [-0.4, -0.2) is 25.3 Å². The fourth-order valence-electron chi connectivity index (χ4n) is 3.57. The Kier molecular flexibility index (Phi) is 9.63. The molecule has 0 saturated heterocycles. The Hall–Kier alpha value is -4.95. The average Bonchev–Trinajstić information content (AvgIpc) is 2.96. The minimum Gasteiger partial charge on any atom is -0.490 e. The summed E-state index contributed by atoms with van der Waals surface area (Å²) in [5, 5.41) is 2.66. The van der Waals surface area contributed by atoms with Gasteiger partial charge in [-0.05, 0) is 54.1 Å². The van der Waals surface area contributed by atoms with E-state index in [2.05, 4.69) is 10.3 Å². The maximum atomic E-state index is 14.6. The highest BCUT2D eigenvalue weighted by Gasteiger charge is 2.42. The number of amides is 1. The standard InChI is InChI=1S/C29H29N4O6P/c30-28(31)32-23-18-16-22(17-19-23)27(33-29(34)37-21-20-36-24-10-4-1-5-11-24)40(35,38-25-12-6-2-7-13-25)39-26-14-8-3-9-15-26/h1-19,27H,20-21H2,(H,33,34)(H4,30,31,32). The molecule has 0 aliphatic rings. The number of carbonyl (C=O) groups is 1. The molecule has 0 bridgehead atoms. The summed E-state index contributed by atoms with van der Waals surface area (Å²) in [6, 6.07) is 32.6. The number of nitrogens with two attached hydrogens (primary N) is 2. The lowest BCUT2D eigenvalue weighted by Crippen LogP contribution is -2.32. The van der Waals surface area contributed by atoms with E-state index in [1.165, 1.54) is 0 Å². The number of hydrogen-bond donors (Lipinski definition) is 3. The van der Waals surface area contributed by atoms with Crippen LogP contribution in [0.15, 0.2) is 120 Å². The largest absolute Gasteiger partial charge is 0.490 e. The molecular weight excluding hydrogens is 531 g/mol. The number of hydrogen-bond acceptors (Lipinski definition) is 7. The molecule has 0 aliphatic heterocycles. The van der Waals surface area contributed by atoms with Crippen molar-refractivity contribution < 1.29 is 27.9 Å². The maximum absolute atomic E-state index is 14.6. The van der Waals surface area contributed by atoms with Crippen molar-refractivity contribution >= 4 is 25.3 Å². The van der Waals surface area contributed by atoms with Gasteiger partial charge in [-0.1, -0.05) is 66.7 Å². The first-order valence-corrected chi connectivity index (χ1v) is 13.9. The van der Waals surface area contributed by atoms with Gasteiger partial charge < -0.3 is 35.3 Å². The summed E-state index contributed by atoms with van der Waals surface area (Å²) in [4.78, 5) is 16.9. The zero-order chi connectivity index (χ0) is 28.2. The molecule has 4 aromatic carbocycles. The van der Waals surface area contributed by atoms with Gasteiger partial charge in [0.25, 0.3) is 0 Å². The highest BCUT2D eigenvalue weighted by Crippen LogP contribution is 2.59. The highest BCUT2D eigenvalue weighted by atomic mass is 31.2. The molecule has 0 heterocycles. The predicted octanol–water partition coefficient (Wildman–Crippen LogP) is 5.75. The lowest BCUT2D eigenvalue weighted by Gasteiger charge is -2.28. The number of carbonyl (C=O) groups excluding carboxylic acids is 1. The molecule has 1 atom stereocenters. The van der Waals surface area contributed by atoms with E-state index in [9.17, 15) is 9.36 Å². The SMILES string of the molecule is NC(N)=Nc1ccc(C(NC(=O)OCCOc2ccccc2)P(=O)(Oc2ccccc2)Oc2ccccc2)cc1. The molecule has 0 aliphatic carbocycles. The number of ether oxygens (including phenoxy) is 2. The quantitative estimate of drug-likeness (QED) is 0.0859. The molecule has 1 unspecified atom stereocenters. The number of guanidine groups is 1. The summed E-state index contributed by atoms with van der Waals surface area (Å²) in [6.07, 6.45) is -0.844. The topological polar surface area (TPSA) is 147 Å². The molecule has 10 nitrogen and oxygen atoms in total. The maximum Gasteiger partial charge on any atom is 0.457 e. The van der Waals surface area contributed by atoms with Crippen LogP contribution < -0.4 is 30.6 Å². The fraction of sp³-hybridized carbons (Fsp3) is 0.103. The van der Waals surface area contributed by atoms with Crippen molar-refractivity contribution in [2.45, 2.75) is 5.78 Å². The van der Waals surface area contributed by atoms with Crippen LogP contribution in [0, 0.1) is 0 Å². The van der Waals surface area contributed by atoms with Gasteiger partial charge in [-0.15, -0.1) is 0 Å². The Morgan fingerprint density at radius 1 is 0.725 bits per heavy atom. The summed E-state index contributed by atoms with van der Waals surface area (Å²) in [7, 11) is -4.21. The van der Waals surface area contributed by atoms with Crippen molar-refractivity contribution in [2.75, 3.05) is 13.2 Å². The third kappa shape index (κ3) is 8.28. The second-order valence-corrected chi connectivity index (χ2v) is 10.3. The number of aliphatic imine (C=N–C) groups is 1. The van der Waals surface area contributed by atoms with Gasteiger partial charge >= 0.3 is 13.7 Å². The van der Waals surface area contributed by atoms with Gasteiger partial charge in [0.2, 0.25) is 0 Å². The first-order valence-electron chi connectivity index (χ1n) is 12.3. The average molecular weight is 561 g/mol. The van der Waals surface area contributed by atoms with Gasteiger partial charge in [0, 0.05) is 0 Å². The number of nitrogens with zero attached hydrogens (tertiary/aromatic N) is 1. The second-order valence-electron chi connectivity index (χ2n) is 8.32. The van der Waals surface area contributed by atoms with Crippen LogP contribution in [0.5, 0.6) is 17.2 Å². The van der Waals surface area contributed by atoms with E-state index in [-0.39, 0.29) is 30.7 Å². The molecule has 206 valence electrons. The summed E-state index contributed by atoms with van der Waals surface area (Å²) >= 11 is 0. The van der Waals surface area contributed by atoms with Gasteiger partial charge in [0.05, 0.1) is 5.69 Å². The summed E-state index contributed by atoms with van der Waals surface area (Å²) in [5.41, 5.74) is 11.8. The smallest absolute Gasteiger partial charge is 0.457 e. The third-order valence-corrected chi connectivity index (χ3v) is 7.31. The lowest BCUT2D eigenvalue weighted by molar-refractivity contribution is 0.123. The van der Waals surface area contributed by atoms with Gasteiger partial charge in [-0.25, -0.2) is 14.4 Å². The predicted molar refractivity (Wildman–Crippen MR) is 153 cm³/mol. The van der Waals surface area contributed by atoms with Crippen LogP contribution in [0.2, 0.25) is 0 Å². The van der Waals surface area contributed by atoms with Crippen LogP contribution >= 0.6 is 7.60 Å². The molecule has 0 radical (unpaired) electrons. The second kappa shape index (κ2) is 13.7. The zero-order valence-electron chi connectivity index (χ0n) is 21.5. The van der Waals surface area contributed by atoms with Crippen LogP contribution in [0.4, 0.5) is 10.5 Å². The van der Waals surface area contributed by atoms with Crippen LogP contribution in [0.3, 0.4) is 0 Å². The molecule has 40 heavy (non-hydrogen) atoms. The Balaban J connectivity index is 1.60. The minimum atomic E-state index is -4.21. The molecule has 4 aromatic rings. The summed E-state index contributed by atoms with van der Waals surface area (Å²) in [6.45, 7) is 0.0638. The Morgan fingerprint density at radius 3 is 1.73 bits per heavy atom. The minimum absolute atomic E-state index is 0.0553. The highest BCUT2D eigenvalue weighted by molar-refractivity contribution is 7.55. The monoisotopic (exact) mass is 560 g/mol. The number of alkyl carbamates (subject to hydrolysis) is 1. The fourth-order valence-corrected chi connectivity index (χ4v) is 5.45. The van der Waals surface area contributed by atoms with Crippen LogP contribution in [0.1, 0.15) is 11.3 Å². The number of benzene rings is 4. The van der Waals surface area contributed by atoms with Gasteiger partial charge in [0.1, 0.15) is 30.5 Å². The van der Waals surface area contributed by atoms with E-state index in [1.807, 2.05) is 18.2 Å². The normalized spacial score (nSPS) is 11.5. The molecule has 4 rings (SSSR count). The zero-order valence-corrected chi connectivity index (χ0v) is 22.4. The summed E-state index contributed by atoms with van der Waals surface area (Å²) < 4.78 is 37.4. The number of nitrogens with one attached hydrogen (secondary N) is 1. The van der Waals surface area contributed by atoms with Crippen LogP contribution in [-0.2, 0) is 9.30 Å². The third-order valence-electron chi connectivity index (χ3n) is 5.32. The molecule has 0 saturated carbocycles. The van der Waals surface area contributed by atoms with E-state index >= 15 is 0 Å².